The van der Waals surface area contributed by atoms with Crippen LogP contribution in [0.25, 0.3) is 0 Å². The molecule has 1 aliphatic rings. The first-order valence-corrected chi connectivity index (χ1v) is 7.62. The fraction of sp³-hybridized carbons (Fsp3) is 0.412. The van der Waals surface area contributed by atoms with Crippen molar-refractivity contribution in [2.45, 2.75) is 38.3 Å². The zero-order valence-electron chi connectivity index (χ0n) is 12.2. The van der Waals surface area contributed by atoms with Gasteiger partial charge in [0.05, 0.1) is 6.33 Å². The summed E-state index contributed by atoms with van der Waals surface area (Å²) in [7, 11) is 0. The second-order valence-electron chi connectivity index (χ2n) is 5.62. The molecule has 0 spiro atoms. The molecule has 1 aromatic carbocycles. The zero-order chi connectivity index (χ0) is 14.5. The normalized spacial score (nSPS) is 18.1. The van der Waals surface area contributed by atoms with Gasteiger partial charge in [-0.15, -0.1) is 0 Å². The van der Waals surface area contributed by atoms with Gasteiger partial charge in [0.15, 0.2) is 0 Å². The third-order valence-corrected chi connectivity index (χ3v) is 4.15. The van der Waals surface area contributed by atoms with E-state index in [1.54, 1.807) is 12.5 Å². The van der Waals surface area contributed by atoms with Crippen molar-refractivity contribution in [3.8, 4) is 0 Å². The van der Waals surface area contributed by atoms with Gasteiger partial charge in [-0.25, -0.2) is 4.98 Å². The maximum absolute atomic E-state index is 12.4. The van der Waals surface area contributed by atoms with Crippen LogP contribution >= 0.6 is 0 Å². The number of hydrogen-bond acceptors (Lipinski definition) is 2. The third-order valence-electron chi connectivity index (χ3n) is 4.15. The molecule has 21 heavy (non-hydrogen) atoms. The Balaban J connectivity index is 1.57. The number of imidazole rings is 1. The average molecular weight is 283 g/mol. The molecule has 0 radical (unpaired) electrons. The second-order valence-corrected chi connectivity index (χ2v) is 5.62. The Morgan fingerprint density at radius 1 is 1.29 bits per heavy atom. The molecule has 0 N–H and O–H groups in total. The van der Waals surface area contributed by atoms with Crippen LogP contribution in [0.1, 0.15) is 24.8 Å². The summed E-state index contributed by atoms with van der Waals surface area (Å²) in [5.74, 6) is 0.266. The molecule has 110 valence electrons. The number of carbonyl (C=O) groups excluding carboxylic acids is 1. The van der Waals surface area contributed by atoms with Crippen molar-refractivity contribution in [2.24, 2.45) is 0 Å². The highest BCUT2D eigenvalue weighted by Crippen LogP contribution is 2.22. The summed E-state index contributed by atoms with van der Waals surface area (Å²) in [6.07, 6.45) is 9.18. The van der Waals surface area contributed by atoms with Crippen LogP contribution in [0.2, 0.25) is 0 Å². The van der Waals surface area contributed by atoms with Crippen LogP contribution in [0.4, 0.5) is 0 Å². The van der Waals surface area contributed by atoms with Crippen molar-refractivity contribution in [2.75, 3.05) is 6.54 Å². The van der Waals surface area contributed by atoms with Gasteiger partial charge in [-0.3, -0.25) is 4.79 Å². The third kappa shape index (κ3) is 3.51. The summed E-state index contributed by atoms with van der Waals surface area (Å²) in [5, 5.41) is 0. The molecule has 1 fully saturated rings. The summed E-state index contributed by atoms with van der Waals surface area (Å²) in [6.45, 7) is 1.62. The van der Waals surface area contributed by atoms with Crippen molar-refractivity contribution < 1.29 is 4.79 Å². The number of carbonyl (C=O) groups is 1. The Morgan fingerprint density at radius 2 is 2.14 bits per heavy atom. The standard InChI is InChI=1S/C17H21N3O/c21-17(8-11-19-12-9-18-14-19)20-10-4-7-16(20)13-15-5-2-1-3-6-15/h1-3,5-6,9,12,14,16H,4,7-8,10-11,13H2. The summed E-state index contributed by atoms with van der Waals surface area (Å²) in [5.41, 5.74) is 1.32. The minimum absolute atomic E-state index is 0.266. The molecule has 0 saturated carbocycles. The highest BCUT2D eigenvalue weighted by atomic mass is 16.2. The first kappa shape index (κ1) is 13.9. The lowest BCUT2D eigenvalue weighted by molar-refractivity contribution is -0.132. The summed E-state index contributed by atoms with van der Waals surface area (Å²) >= 11 is 0. The first-order valence-electron chi connectivity index (χ1n) is 7.62. The van der Waals surface area contributed by atoms with Crippen molar-refractivity contribution >= 4 is 5.91 Å². The largest absolute Gasteiger partial charge is 0.339 e. The number of amides is 1. The van der Waals surface area contributed by atoms with E-state index in [0.717, 1.165) is 25.8 Å². The topological polar surface area (TPSA) is 38.1 Å². The average Bonchev–Trinajstić information content (AvgIpc) is 3.17. The smallest absolute Gasteiger partial charge is 0.224 e. The number of hydrogen-bond donors (Lipinski definition) is 0. The van der Waals surface area contributed by atoms with Crippen molar-refractivity contribution in [1.82, 2.24) is 14.5 Å². The molecule has 0 bridgehead atoms. The Kier molecular flexibility index (Phi) is 4.34. The monoisotopic (exact) mass is 283 g/mol. The maximum atomic E-state index is 12.4. The number of benzene rings is 1. The molecule has 0 aliphatic carbocycles. The van der Waals surface area contributed by atoms with Crippen LogP contribution in [0, 0.1) is 0 Å². The Morgan fingerprint density at radius 3 is 2.90 bits per heavy atom. The molecule has 1 unspecified atom stereocenters. The van der Waals surface area contributed by atoms with Gasteiger partial charge in [-0.2, -0.15) is 0 Å². The van der Waals surface area contributed by atoms with Gasteiger partial charge in [-0.1, -0.05) is 30.3 Å². The van der Waals surface area contributed by atoms with Crippen molar-refractivity contribution in [3.63, 3.8) is 0 Å². The number of rotatable bonds is 5. The van der Waals surface area contributed by atoms with Gasteiger partial charge in [0.2, 0.25) is 5.91 Å². The second kappa shape index (κ2) is 6.57. The van der Waals surface area contributed by atoms with E-state index in [1.807, 2.05) is 16.8 Å². The molecule has 1 saturated heterocycles. The summed E-state index contributed by atoms with van der Waals surface area (Å²) < 4.78 is 1.96. The Hall–Kier alpha value is -2.10. The van der Waals surface area contributed by atoms with Crippen LogP contribution in [-0.2, 0) is 17.8 Å². The van der Waals surface area contributed by atoms with Crippen LogP contribution < -0.4 is 0 Å². The van der Waals surface area contributed by atoms with Crippen molar-refractivity contribution in [3.05, 3.63) is 54.6 Å². The molecule has 2 heterocycles. The molecule has 1 aliphatic heterocycles. The van der Waals surface area contributed by atoms with Gasteiger partial charge < -0.3 is 9.47 Å². The van der Waals surface area contributed by atoms with Gasteiger partial charge in [0, 0.05) is 37.9 Å². The molecular weight excluding hydrogens is 262 g/mol. The number of likely N-dealkylation sites (tertiary alicyclic amines) is 1. The molecule has 4 nitrogen and oxygen atoms in total. The molecule has 1 atom stereocenters. The zero-order valence-corrected chi connectivity index (χ0v) is 12.2. The maximum Gasteiger partial charge on any atom is 0.224 e. The molecule has 1 aromatic heterocycles. The number of aryl methyl sites for hydroxylation is 1. The predicted molar refractivity (Wildman–Crippen MR) is 81.7 cm³/mol. The van der Waals surface area contributed by atoms with Crippen LogP contribution in [0.3, 0.4) is 0 Å². The van der Waals surface area contributed by atoms with Crippen LogP contribution in [0.15, 0.2) is 49.1 Å². The molecular formula is C17H21N3O. The fourth-order valence-electron chi connectivity index (χ4n) is 3.05. The van der Waals surface area contributed by atoms with E-state index in [9.17, 15) is 4.79 Å². The lowest BCUT2D eigenvalue weighted by atomic mass is 10.0. The van der Waals surface area contributed by atoms with Crippen molar-refractivity contribution in [1.29, 1.82) is 0 Å². The Bertz CT molecular complexity index is 565. The van der Waals surface area contributed by atoms with Crippen LogP contribution in [0.5, 0.6) is 0 Å². The quantitative estimate of drug-likeness (QED) is 0.845. The van der Waals surface area contributed by atoms with E-state index >= 15 is 0 Å². The first-order chi connectivity index (χ1) is 10.3. The predicted octanol–water partition coefficient (Wildman–Crippen LogP) is 2.51. The molecule has 4 heteroatoms. The summed E-state index contributed by atoms with van der Waals surface area (Å²) in [4.78, 5) is 18.5. The number of aromatic nitrogens is 2. The molecule has 2 aromatic rings. The Labute approximate surface area is 125 Å². The van der Waals surface area contributed by atoms with E-state index in [-0.39, 0.29) is 5.91 Å². The minimum Gasteiger partial charge on any atom is -0.339 e. The van der Waals surface area contributed by atoms with E-state index in [1.165, 1.54) is 5.56 Å². The minimum atomic E-state index is 0.266. The molecule has 1 amide bonds. The van der Waals surface area contributed by atoms with E-state index in [2.05, 4.69) is 34.1 Å². The van der Waals surface area contributed by atoms with Gasteiger partial charge in [0.1, 0.15) is 0 Å². The highest BCUT2D eigenvalue weighted by Gasteiger charge is 2.28. The lowest BCUT2D eigenvalue weighted by Crippen LogP contribution is -2.37. The summed E-state index contributed by atoms with van der Waals surface area (Å²) in [6, 6.07) is 10.8. The van der Waals surface area contributed by atoms with E-state index < -0.39 is 0 Å². The number of nitrogens with zero attached hydrogens (tertiary/aromatic N) is 3. The highest BCUT2D eigenvalue weighted by molar-refractivity contribution is 5.76. The molecule has 3 rings (SSSR count). The van der Waals surface area contributed by atoms with E-state index in [4.69, 9.17) is 0 Å². The fourth-order valence-corrected chi connectivity index (χ4v) is 3.05. The van der Waals surface area contributed by atoms with Gasteiger partial charge >= 0.3 is 0 Å². The van der Waals surface area contributed by atoms with Gasteiger partial charge in [0.25, 0.3) is 0 Å². The van der Waals surface area contributed by atoms with Gasteiger partial charge in [-0.05, 0) is 24.8 Å². The van der Waals surface area contributed by atoms with E-state index in [0.29, 0.717) is 19.0 Å². The van der Waals surface area contributed by atoms with Crippen LogP contribution in [-0.4, -0.2) is 32.9 Å². The SMILES string of the molecule is O=C(CCn1ccnc1)N1CCCC1Cc1ccccc1. The lowest BCUT2D eigenvalue weighted by Gasteiger charge is -2.25.